The van der Waals surface area contributed by atoms with E-state index in [0.717, 1.165) is 0 Å². The summed E-state index contributed by atoms with van der Waals surface area (Å²) in [4.78, 5) is 27.7. The lowest BCUT2D eigenvalue weighted by molar-refractivity contribution is -0.124. The Hall–Kier alpha value is -1.43. The Kier molecular flexibility index (Phi) is 5.05. The largest absolute Gasteiger partial charge is 0.350 e. The third kappa shape index (κ3) is 5.38. The highest BCUT2D eigenvalue weighted by Crippen LogP contribution is 2.06. The molecule has 104 valence electrons. The van der Waals surface area contributed by atoms with Gasteiger partial charge in [-0.25, -0.2) is 4.98 Å². The third-order valence-electron chi connectivity index (χ3n) is 2.23. The molecule has 0 spiro atoms. The van der Waals surface area contributed by atoms with Crippen molar-refractivity contribution < 1.29 is 9.59 Å². The number of halogens is 1. The van der Waals surface area contributed by atoms with Gasteiger partial charge in [0, 0.05) is 11.7 Å². The quantitative estimate of drug-likeness (QED) is 0.832. The van der Waals surface area contributed by atoms with Gasteiger partial charge in [-0.3, -0.25) is 9.59 Å². The van der Waals surface area contributed by atoms with Crippen molar-refractivity contribution in [3.8, 4) is 0 Å². The second kappa shape index (κ2) is 6.14. The molecule has 0 aromatic carbocycles. The predicted molar refractivity (Wildman–Crippen MR) is 76.8 cm³/mol. The lowest BCUT2D eigenvalue weighted by Crippen LogP contribution is -2.50. The van der Waals surface area contributed by atoms with Gasteiger partial charge in [-0.2, -0.15) is 0 Å². The summed E-state index contributed by atoms with van der Waals surface area (Å²) >= 11 is 3.19. The first kappa shape index (κ1) is 15.6. The van der Waals surface area contributed by atoms with Crippen LogP contribution in [0.2, 0.25) is 0 Å². The molecule has 0 aliphatic carbocycles. The molecule has 1 rings (SSSR count). The highest BCUT2D eigenvalue weighted by molar-refractivity contribution is 9.10. The van der Waals surface area contributed by atoms with Crippen LogP contribution in [0.25, 0.3) is 0 Å². The lowest BCUT2D eigenvalue weighted by atomic mass is 10.1. The van der Waals surface area contributed by atoms with Crippen LogP contribution >= 0.6 is 15.9 Å². The van der Waals surface area contributed by atoms with Crippen LogP contribution in [-0.2, 0) is 4.79 Å². The number of hydrogen-bond donors (Lipinski definition) is 2. The fourth-order valence-corrected chi connectivity index (χ4v) is 1.57. The molecule has 2 amide bonds. The maximum Gasteiger partial charge on any atom is 0.253 e. The molecule has 1 heterocycles. The number of nitrogens with one attached hydrogen (secondary N) is 2. The summed E-state index contributed by atoms with van der Waals surface area (Å²) in [5, 5.41) is 5.44. The van der Waals surface area contributed by atoms with E-state index in [1.165, 1.54) is 6.20 Å². The molecule has 1 aromatic heterocycles. The summed E-state index contributed by atoms with van der Waals surface area (Å²) in [5.74, 6) is -0.539. The van der Waals surface area contributed by atoms with Crippen molar-refractivity contribution >= 4 is 27.7 Å². The number of carbonyl (C=O) groups is 2. The fraction of sp³-hybridized carbons (Fsp3) is 0.462. The first-order valence-corrected chi connectivity index (χ1v) is 6.73. The van der Waals surface area contributed by atoms with Crippen LogP contribution in [0.3, 0.4) is 0 Å². The molecule has 0 saturated carbocycles. The van der Waals surface area contributed by atoms with Gasteiger partial charge in [0.15, 0.2) is 0 Å². The lowest BCUT2D eigenvalue weighted by Gasteiger charge is -2.23. The summed E-state index contributed by atoms with van der Waals surface area (Å²) in [6.07, 6.45) is 1.45. The zero-order chi connectivity index (χ0) is 14.6. The summed E-state index contributed by atoms with van der Waals surface area (Å²) in [5.41, 5.74) is 0.0912. The molecule has 1 atom stereocenters. The molecule has 2 N–H and O–H groups in total. The Morgan fingerprint density at radius 3 is 2.42 bits per heavy atom. The monoisotopic (exact) mass is 327 g/mol. The number of amides is 2. The van der Waals surface area contributed by atoms with E-state index in [9.17, 15) is 9.59 Å². The van der Waals surface area contributed by atoms with E-state index in [1.807, 2.05) is 20.8 Å². The molecule has 0 radical (unpaired) electrons. The highest BCUT2D eigenvalue weighted by atomic mass is 79.9. The normalized spacial score (nSPS) is 12.7. The first-order chi connectivity index (χ1) is 8.69. The first-order valence-electron chi connectivity index (χ1n) is 5.93. The van der Waals surface area contributed by atoms with Gasteiger partial charge in [-0.05, 0) is 55.8 Å². The van der Waals surface area contributed by atoms with E-state index < -0.39 is 6.04 Å². The number of hydrogen-bond acceptors (Lipinski definition) is 3. The SMILES string of the molecule is CC(NC(=O)c1ccc(Br)nc1)C(=O)NC(C)(C)C. The minimum Gasteiger partial charge on any atom is -0.350 e. The maximum atomic E-state index is 11.9. The van der Waals surface area contributed by atoms with E-state index in [-0.39, 0.29) is 17.4 Å². The second-order valence-electron chi connectivity index (χ2n) is 5.30. The van der Waals surface area contributed by atoms with Crippen molar-refractivity contribution in [1.82, 2.24) is 15.6 Å². The van der Waals surface area contributed by atoms with Crippen LogP contribution in [0.15, 0.2) is 22.9 Å². The Labute approximate surface area is 121 Å². The fourth-order valence-electron chi connectivity index (χ4n) is 1.33. The van der Waals surface area contributed by atoms with Crippen molar-refractivity contribution in [3.63, 3.8) is 0 Å². The summed E-state index contributed by atoms with van der Waals surface area (Å²) in [6.45, 7) is 7.31. The minimum absolute atomic E-state index is 0.217. The molecule has 1 unspecified atom stereocenters. The third-order valence-corrected chi connectivity index (χ3v) is 2.70. The number of rotatable bonds is 3. The molecule has 0 aliphatic rings. The van der Waals surface area contributed by atoms with Gasteiger partial charge in [0.25, 0.3) is 5.91 Å². The van der Waals surface area contributed by atoms with Gasteiger partial charge in [-0.1, -0.05) is 0 Å². The Morgan fingerprint density at radius 1 is 1.32 bits per heavy atom. The number of nitrogens with zero attached hydrogens (tertiary/aromatic N) is 1. The molecular weight excluding hydrogens is 310 g/mol. The average molecular weight is 328 g/mol. The van der Waals surface area contributed by atoms with Crippen LogP contribution in [0, 0.1) is 0 Å². The summed E-state index contributed by atoms with van der Waals surface area (Å²) in [6, 6.07) is 2.71. The topological polar surface area (TPSA) is 71.1 Å². The number of pyridine rings is 1. The Balaban J connectivity index is 2.61. The predicted octanol–water partition coefficient (Wildman–Crippen LogP) is 1.88. The molecule has 1 aromatic rings. The van der Waals surface area contributed by atoms with Gasteiger partial charge >= 0.3 is 0 Å². The number of aromatic nitrogens is 1. The van der Waals surface area contributed by atoms with E-state index in [0.29, 0.717) is 10.2 Å². The van der Waals surface area contributed by atoms with Gasteiger partial charge in [0.05, 0.1) is 5.56 Å². The zero-order valence-electron chi connectivity index (χ0n) is 11.5. The van der Waals surface area contributed by atoms with Crippen molar-refractivity contribution in [2.75, 3.05) is 0 Å². The summed E-state index contributed by atoms with van der Waals surface area (Å²) in [7, 11) is 0. The van der Waals surface area contributed by atoms with E-state index in [4.69, 9.17) is 0 Å². The smallest absolute Gasteiger partial charge is 0.253 e. The van der Waals surface area contributed by atoms with Gasteiger partial charge in [0.2, 0.25) is 5.91 Å². The molecule has 0 aliphatic heterocycles. The van der Waals surface area contributed by atoms with E-state index >= 15 is 0 Å². The van der Waals surface area contributed by atoms with Crippen molar-refractivity contribution in [3.05, 3.63) is 28.5 Å². The minimum atomic E-state index is -0.602. The molecule has 6 heteroatoms. The second-order valence-corrected chi connectivity index (χ2v) is 6.12. The van der Waals surface area contributed by atoms with Crippen molar-refractivity contribution in [2.24, 2.45) is 0 Å². The average Bonchev–Trinajstić information content (AvgIpc) is 2.27. The van der Waals surface area contributed by atoms with Crippen LogP contribution in [0.4, 0.5) is 0 Å². The number of carbonyl (C=O) groups excluding carboxylic acids is 2. The van der Waals surface area contributed by atoms with Crippen LogP contribution in [0.5, 0.6) is 0 Å². The molecule has 5 nitrogen and oxygen atoms in total. The molecule has 0 fully saturated rings. The highest BCUT2D eigenvalue weighted by Gasteiger charge is 2.21. The van der Waals surface area contributed by atoms with E-state index in [1.54, 1.807) is 19.1 Å². The van der Waals surface area contributed by atoms with Crippen LogP contribution < -0.4 is 10.6 Å². The molecule has 0 bridgehead atoms. The maximum absolute atomic E-state index is 11.9. The molecule has 0 saturated heterocycles. The standard InChI is InChI=1S/C13H18BrN3O2/c1-8(11(18)17-13(2,3)4)16-12(19)9-5-6-10(14)15-7-9/h5-8H,1-4H3,(H,16,19)(H,17,18). The summed E-state index contributed by atoms with van der Waals surface area (Å²) < 4.78 is 0.655. The van der Waals surface area contributed by atoms with Gasteiger partial charge in [-0.15, -0.1) is 0 Å². The van der Waals surface area contributed by atoms with E-state index in [2.05, 4.69) is 31.5 Å². The molecule has 19 heavy (non-hydrogen) atoms. The van der Waals surface area contributed by atoms with Crippen LogP contribution in [0.1, 0.15) is 38.1 Å². The van der Waals surface area contributed by atoms with Gasteiger partial charge in [0.1, 0.15) is 10.6 Å². The molecular formula is C13H18BrN3O2. The Morgan fingerprint density at radius 2 is 1.95 bits per heavy atom. The van der Waals surface area contributed by atoms with Crippen LogP contribution in [-0.4, -0.2) is 28.4 Å². The van der Waals surface area contributed by atoms with Crippen molar-refractivity contribution in [2.45, 2.75) is 39.3 Å². The zero-order valence-corrected chi connectivity index (χ0v) is 13.0. The van der Waals surface area contributed by atoms with Gasteiger partial charge < -0.3 is 10.6 Å². The van der Waals surface area contributed by atoms with Crippen molar-refractivity contribution in [1.29, 1.82) is 0 Å². The Bertz CT molecular complexity index is 466.